The van der Waals surface area contributed by atoms with E-state index in [4.69, 9.17) is 4.74 Å². The van der Waals surface area contributed by atoms with E-state index in [0.717, 1.165) is 36.4 Å². The first-order valence-corrected chi connectivity index (χ1v) is 8.87. The molecule has 1 aromatic rings. The molecule has 1 fully saturated rings. The number of hydrogen-bond donors (Lipinski definition) is 0. The first kappa shape index (κ1) is 16.6. The second-order valence-electron chi connectivity index (χ2n) is 6.96. The Balaban J connectivity index is 2.10. The van der Waals surface area contributed by atoms with Crippen molar-refractivity contribution in [3.05, 3.63) is 16.1 Å². The summed E-state index contributed by atoms with van der Waals surface area (Å²) in [5, 5.41) is 3.01. The van der Waals surface area contributed by atoms with Crippen molar-refractivity contribution < 1.29 is 9.53 Å². The Hall–Kier alpha value is -0.740. The first-order chi connectivity index (χ1) is 9.87. The highest BCUT2D eigenvalue weighted by molar-refractivity contribution is 7.09. The molecule has 0 unspecified atom stereocenters. The number of ether oxygens (including phenoxy) is 1. The minimum Gasteiger partial charge on any atom is -0.367 e. The highest BCUT2D eigenvalue weighted by atomic mass is 32.1. The molecule has 21 heavy (non-hydrogen) atoms. The van der Waals surface area contributed by atoms with Crippen LogP contribution in [0.1, 0.15) is 70.5 Å². The molecule has 0 atom stereocenters. The average Bonchev–Trinajstić information content (AvgIpc) is 2.88. The summed E-state index contributed by atoms with van der Waals surface area (Å²) in [5.74, 6) is 0.221. The number of Topliss-reactive ketones (excluding diaryl/α,β-unsaturated/α-hetero) is 1. The summed E-state index contributed by atoms with van der Waals surface area (Å²) < 4.78 is 5.91. The van der Waals surface area contributed by atoms with Gasteiger partial charge in [0.05, 0.1) is 12.1 Å². The fourth-order valence-corrected chi connectivity index (χ4v) is 3.96. The van der Waals surface area contributed by atoms with Crippen molar-refractivity contribution in [3.8, 4) is 0 Å². The molecule has 0 radical (unpaired) electrons. The Morgan fingerprint density at radius 2 is 2.00 bits per heavy atom. The topological polar surface area (TPSA) is 39.2 Å². The number of thiazole rings is 1. The lowest BCUT2D eigenvalue weighted by atomic mass is 9.80. The molecule has 1 saturated carbocycles. The van der Waals surface area contributed by atoms with Crippen molar-refractivity contribution in [2.24, 2.45) is 0 Å². The lowest BCUT2D eigenvalue weighted by Gasteiger charge is -2.35. The van der Waals surface area contributed by atoms with Gasteiger partial charge in [0.2, 0.25) is 0 Å². The summed E-state index contributed by atoms with van der Waals surface area (Å²) in [5.41, 5.74) is 0.574. The van der Waals surface area contributed by atoms with Gasteiger partial charge in [-0.15, -0.1) is 11.3 Å². The molecule has 1 aliphatic rings. The van der Waals surface area contributed by atoms with Crippen LogP contribution in [0.25, 0.3) is 0 Å². The van der Waals surface area contributed by atoms with Gasteiger partial charge in [-0.3, -0.25) is 4.79 Å². The van der Waals surface area contributed by atoms with Crippen LogP contribution < -0.4 is 0 Å². The summed E-state index contributed by atoms with van der Waals surface area (Å²) in [6.07, 6.45) is 5.57. The SMILES string of the molecule is CCOC1(C(=O)Cc2nc(C(C)(C)C)cs2)CCCCC1. The average molecular weight is 309 g/mol. The maximum atomic E-state index is 12.8. The van der Waals surface area contributed by atoms with Crippen LogP contribution in [-0.2, 0) is 21.4 Å². The standard InChI is InChI=1S/C17H27NO2S/c1-5-20-17(9-7-6-8-10-17)14(19)11-15-18-13(12-21-15)16(2,3)4/h12H,5-11H2,1-4H3. The number of nitrogens with zero attached hydrogens (tertiary/aromatic N) is 1. The van der Waals surface area contributed by atoms with Crippen molar-refractivity contribution in [3.63, 3.8) is 0 Å². The quantitative estimate of drug-likeness (QED) is 0.814. The Morgan fingerprint density at radius 3 is 2.52 bits per heavy atom. The summed E-state index contributed by atoms with van der Waals surface area (Å²) in [6, 6.07) is 0. The lowest BCUT2D eigenvalue weighted by molar-refractivity contribution is -0.148. The van der Waals surface area contributed by atoms with Gasteiger partial charge in [-0.25, -0.2) is 4.98 Å². The van der Waals surface area contributed by atoms with Crippen LogP contribution in [0.3, 0.4) is 0 Å². The molecule has 0 bridgehead atoms. The van der Waals surface area contributed by atoms with Gasteiger partial charge in [0.15, 0.2) is 5.78 Å². The van der Waals surface area contributed by atoms with Gasteiger partial charge in [-0.2, -0.15) is 0 Å². The molecular weight excluding hydrogens is 282 g/mol. The Kier molecular flexibility index (Phi) is 5.20. The van der Waals surface area contributed by atoms with Gasteiger partial charge in [0, 0.05) is 17.4 Å². The van der Waals surface area contributed by atoms with Gasteiger partial charge in [-0.05, 0) is 19.8 Å². The normalized spacial score (nSPS) is 18.7. The van der Waals surface area contributed by atoms with Gasteiger partial charge in [0.1, 0.15) is 10.6 Å². The molecular formula is C17H27NO2S. The molecule has 118 valence electrons. The van der Waals surface area contributed by atoms with Crippen molar-refractivity contribution in [2.45, 2.75) is 77.2 Å². The third kappa shape index (κ3) is 3.92. The van der Waals surface area contributed by atoms with E-state index in [1.807, 2.05) is 6.92 Å². The highest BCUT2D eigenvalue weighted by Gasteiger charge is 2.40. The molecule has 1 aliphatic carbocycles. The van der Waals surface area contributed by atoms with E-state index < -0.39 is 5.60 Å². The number of ketones is 1. The zero-order valence-electron chi connectivity index (χ0n) is 13.7. The second-order valence-corrected chi connectivity index (χ2v) is 7.91. The van der Waals surface area contributed by atoms with Gasteiger partial charge in [0.25, 0.3) is 0 Å². The predicted molar refractivity (Wildman–Crippen MR) is 87.0 cm³/mol. The van der Waals surface area contributed by atoms with Crippen LogP contribution in [0.15, 0.2) is 5.38 Å². The monoisotopic (exact) mass is 309 g/mol. The zero-order chi connectivity index (χ0) is 15.5. The van der Waals surface area contributed by atoms with Gasteiger partial charge < -0.3 is 4.74 Å². The predicted octanol–water partition coefficient (Wildman–Crippen LogP) is 4.29. The first-order valence-electron chi connectivity index (χ1n) is 7.99. The van der Waals surface area contributed by atoms with E-state index >= 15 is 0 Å². The fraction of sp³-hybridized carbons (Fsp3) is 0.765. The van der Waals surface area contributed by atoms with E-state index in [0.29, 0.717) is 13.0 Å². The summed E-state index contributed by atoms with van der Waals surface area (Å²) in [7, 11) is 0. The zero-order valence-corrected chi connectivity index (χ0v) is 14.5. The number of hydrogen-bond acceptors (Lipinski definition) is 4. The number of rotatable bonds is 5. The van der Waals surface area contributed by atoms with E-state index in [1.54, 1.807) is 11.3 Å². The van der Waals surface area contributed by atoms with Gasteiger partial charge in [-0.1, -0.05) is 40.0 Å². The second kappa shape index (κ2) is 6.57. The number of aromatic nitrogens is 1. The Labute approximate surface area is 132 Å². The van der Waals surface area contributed by atoms with E-state index in [-0.39, 0.29) is 11.2 Å². The molecule has 1 heterocycles. The van der Waals surface area contributed by atoms with Crippen molar-refractivity contribution >= 4 is 17.1 Å². The third-order valence-corrected chi connectivity index (χ3v) is 5.07. The summed E-state index contributed by atoms with van der Waals surface area (Å²) in [4.78, 5) is 17.4. The van der Waals surface area contributed by atoms with Crippen LogP contribution in [0.4, 0.5) is 0 Å². The fourth-order valence-electron chi connectivity index (χ4n) is 2.94. The minimum atomic E-state index is -0.541. The maximum absolute atomic E-state index is 12.8. The number of carbonyl (C=O) groups is 1. The smallest absolute Gasteiger partial charge is 0.171 e. The van der Waals surface area contributed by atoms with E-state index in [1.165, 1.54) is 6.42 Å². The molecule has 2 rings (SSSR count). The Morgan fingerprint density at radius 1 is 1.33 bits per heavy atom. The molecule has 1 aromatic heterocycles. The highest BCUT2D eigenvalue weighted by Crippen LogP contribution is 2.34. The lowest BCUT2D eigenvalue weighted by Crippen LogP contribution is -2.44. The molecule has 0 saturated heterocycles. The summed E-state index contributed by atoms with van der Waals surface area (Å²) in [6.45, 7) is 9.03. The largest absolute Gasteiger partial charge is 0.367 e. The molecule has 0 aliphatic heterocycles. The van der Waals surface area contributed by atoms with Gasteiger partial charge >= 0.3 is 0 Å². The van der Waals surface area contributed by atoms with Crippen LogP contribution in [0, 0.1) is 0 Å². The van der Waals surface area contributed by atoms with Crippen molar-refractivity contribution in [1.82, 2.24) is 4.98 Å². The molecule has 4 heteroatoms. The molecule has 3 nitrogen and oxygen atoms in total. The molecule has 0 amide bonds. The van der Waals surface area contributed by atoms with Crippen molar-refractivity contribution in [2.75, 3.05) is 6.61 Å². The molecule has 0 aromatic carbocycles. The van der Waals surface area contributed by atoms with Crippen LogP contribution in [0.5, 0.6) is 0 Å². The third-order valence-electron chi connectivity index (χ3n) is 4.22. The molecule has 0 N–H and O–H groups in total. The number of carbonyl (C=O) groups excluding carboxylic acids is 1. The van der Waals surface area contributed by atoms with Crippen molar-refractivity contribution in [1.29, 1.82) is 0 Å². The summed E-state index contributed by atoms with van der Waals surface area (Å²) >= 11 is 1.60. The maximum Gasteiger partial charge on any atom is 0.171 e. The minimum absolute atomic E-state index is 0.0419. The van der Waals surface area contributed by atoms with Crippen LogP contribution in [0.2, 0.25) is 0 Å². The molecule has 0 spiro atoms. The van der Waals surface area contributed by atoms with E-state index in [9.17, 15) is 4.79 Å². The van der Waals surface area contributed by atoms with Crippen LogP contribution in [-0.4, -0.2) is 23.0 Å². The van der Waals surface area contributed by atoms with Crippen LogP contribution >= 0.6 is 11.3 Å². The van der Waals surface area contributed by atoms with E-state index in [2.05, 4.69) is 31.1 Å². The Bertz CT molecular complexity index is 476.